The van der Waals surface area contributed by atoms with Crippen LogP contribution < -0.4 is 4.74 Å². The molecule has 0 spiro atoms. The average Bonchev–Trinajstić information content (AvgIpc) is 2.99. The molecule has 1 aliphatic heterocycles. The van der Waals surface area contributed by atoms with E-state index < -0.39 is 0 Å². The molecule has 2 fully saturated rings. The van der Waals surface area contributed by atoms with E-state index in [1.165, 1.54) is 0 Å². The number of aliphatic hydroxyl groups is 1. The highest BCUT2D eigenvalue weighted by Crippen LogP contribution is 2.38. The van der Waals surface area contributed by atoms with Crippen LogP contribution in [0.2, 0.25) is 0 Å². The van der Waals surface area contributed by atoms with E-state index in [4.69, 9.17) is 9.84 Å². The first kappa shape index (κ1) is 11.5. The third-order valence-electron chi connectivity index (χ3n) is 3.85. The van der Waals surface area contributed by atoms with E-state index in [0.717, 1.165) is 31.4 Å². The summed E-state index contributed by atoms with van der Waals surface area (Å²) in [6.45, 7) is 0.852. The van der Waals surface area contributed by atoms with Gasteiger partial charge < -0.3 is 14.7 Å². The molecule has 96 valence electrons. The summed E-state index contributed by atoms with van der Waals surface area (Å²) in [5.41, 5.74) is 0.768. The van der Waals surface area contributed by atoms with Crippen LogP contribution in [0.3, 0.4) is 0 Å². The minimum Gasteiger partial charge on any atom is -0.472 e. The Morgan fingerprint density at radius 3 is 3.00 bits per heavy atom. The lowest BCUT2D eigenvalue weighted by molar-refractivity contribution is -0.121. The molecular formula is C13H16N2O3. The Labute approximate surface area is 105 Å². The Morgan fingerprint density at radius 2 is 2.39 bits per heavy atom. The van der Waals surface area contributed by atoms with Crippen molar-refractivity contribution in [2.45, 2.75) is 31.6 Å². The minimum absolute atomic E-state index is 0.0136. The molecule has 2 aliphatic rings. The first-order valence-electron chi connectivity index (χ1n) is 6.23. The monoisotopic (exact) mass is 248 g/mol. The Balaban J connectivity index is 1.67. The van der Waals surface area contributed by atoms with Crippen LogP contribution in [0.15, 0.2) is 18.3 Å². The molecule has 0 unspecified atom stereocenters. The number of aromatic nitrogens is 1. The Hall–Kier alpha value is -1.62. The quantitative estimate of drug-likeness (QED) is 0.791. The van der Waals surface area contributed by atoms with Crippen LogP contribution in [-0.4, -0.2) is 40.1 Å². The van der Waals surface area contributed by atoms with E-state index in [9.17, 15) is 4.79 Å². The third kappa shape index (κ3) is 1.95. The topological polar surface area (TPSA) is 62.7 Å². The molecule has 5 nitrogen and oxygen atoms in total. The van der Waals surface area contributed by atoms with Gasteiger partial charge in [0.25, 0.3) is 0 Å². The van der Waals surface area contributed by atoms with Crippen LogP contribution in [0.4, 0.5) is 0 Å². The van der Waals surface area contributed by atoms with Gasteiger partial charge in [-0.2, -0.15) is 0 Å². The lowest BCUT2D eigenvalue weighted by Crippen LogP contribution is -2.43. The molecule has 1 aromatic rings. The van der Waals surface area contributed by atoms with Gasteiger partial charge in [-0.05, 0) is 30.4 Å². The fourth-order valence-electron chi connectivity index (χ4n) is 2.98. The second kappa shape index (κ2) is 4.57. The summed E-state index contributed by atoms with van der Waals surface area (Å²) in [5, 5.41) is 8.94. The van der Waals surface area contributed by atoms with Crippen LogP contribution in [0.5, 0.6) is 5.88 Å². The molecule has 2 bridgehead atoms. The van der Waals surface area contributed by atoms with Crippen molar-refractivity contribution >= 4 is 6.41 Å². The second-order valence-corrected chi connectivity index (χ2v) is 5.03. The molecule has 5 heteroatoms. The van der Waals surface area contributed by atoms with Crippen molar-refractivity contribution < 1.29 is 14.6 Å². The second-order valence-electron chi connectivity index (χ2n) is 5.03. The number of carbonyl (C=O) groups is 1. The number of hydrogen-bond acceptors (Lipinski definition) is 4. The van der Waals surface area contributed by atoms with E-state index >= 15 is 0 Å². The average molecular weight is 248 g/mol. The Kier molecular flexibility index (Phi) is 2.91. The summed E-state index contributed by atoms with van der Waals surface area (Å²) >= 11 is 0. The summed E-state index contributed by atoms with van der Waals surface area (Å²) in [5.74, 6) is 1.14. The van der Waals surface area contributed by atoms with E-state index in [-0.39, 0.29) is 18.8 Å². The van der Waals surface area contributed by atoms with Crippen LogP contribution in [0.1, 0.15) is 18.4 Å². The summed E-state index contributed by atoms with van der Waals surface area (Å²) in [4.78, 5) is 16.9. The fourth-order valence-corrected chi connectivity index (χ4v) is 2.98. The zero-order chi connectivity index (χ0) is 12.5. The Morgan fingerprint density at radius 1 is 1.50 bits per heavy atom. The number of aliphatic hydroxyl groups excluding tert-OH is 1. The first-order chi connectivity index (χ1) is 8.80. The summed E-state index contributed by atoms with van der Waals surface area (Å²) < 4.78 is 5.85. The standard InChI is InChI=1S/C13H16N2O3/c16-7-9-1-2-13(14-5-9)18-12-4-10-3-11(12)15(6-10)8-17/h1-2,5,8,10-12,16H,3-4,6-7H2/t10-,11+,12-/m1/s1. The molecule has 2 heterocycles. The number of ether oxygens (including phenoxy) is 1. The molecule has 0 radical (unpaired) electrons. The van der Waals surface area contributed by atoms with Gasteiger partial charge in [0, 0.05) is 18.8 Å². The Bertz CT molecular complexity index is 434. The van der Waals surface area contributed by atoms with E-state index in [1.54, 1.807) is 18.3 Å². The zero-order valence-electron chi connectivity index (χ0n) is 10.0. The van der Waals surface area contributed by atoms with Crippen molar-refractivity contribution in [3.05, 3.63) is 23.9 Å². The fraction of sp³-hybridized carbons (Fsp3) is 0.538. The normalized spacial score (nSPS) is 29.6. The van der Waals surface area contributed by atoms with Gasteiger partial charge in [-0.25, -0.2) is 4.98 Å². The van der Waals surface area contributed by atoms with Crippen molar-refractivity contribution in [1.82, 2.24) is 9.88 Å². The van der Waals surface area contributed by atoms with Crippen molar-refractivity contribution in [2.75, 3.05) is 6.54 Å². The number of hydrogen-bond donors (Lipinski definition) is 1. The molecular weight excluding hydrogens is 232 g/mol. The smallest absolute Gasteiger partial charge is 0.213 e. The molecule has 18 heavy (non-hydrogen) atoms. The predicted octanol–water partition coefficient (Wildman–Crippen LogP) is 0.572. The highest BCUT2D eigenvalue weighted by molar-refractivity contribution is 5.49. The highest BCUT2D eigenvalue weighted by atomic mass is 16.5. The van der Waals surface area contributed by atoms with Gasteiger partial charge in [-0.1, -0.05) is 0 Å². The van der Waals surface area contributed by atoms with Gasteiger partial charge in [0.15, 0.2) is 0 Å². The molecule has 3 rings (SSSR count). The van der Waals surface area contributed by atoms with Crippen molar-refractivity contribution in [3.63, 3.8) is 0 Å². The van der Waals surface area contributed by atoms with E-state index in [2.05, 4.69) is 4.98 Å². The first-order valence-corrected chi connectivity index (χ1v) is 6.23. The number of rotatable bonds is 4. The van der Waals surface area contributed by atoms with Crippen LogP contribution in [0.25, 0.3) is 0 Å². The van der Waals surface area contributed by atoms with E-state index in [0.29, 0.717) is 11.8 Å². The van der Waals surface area contributed by atoms with Crippen LogP contribution in [-0.2, 0) is 11.4 Å². The molecule has 1 aromatic heterocycles. The van der Waals surface area contributed by atoms with Crippen molar-refractivity contribution in [1.29, 1.82) is 0 Å². The SMILES string of the molecule is O=CN1C[C@H]2C[C@@H](Oc3ccc(CO)cn3)[C@@H]1C2. The van der Waals surface area contributed by atoms with Gasteiger partial charge >= 0.3 is 0 Å². The predicted molar refractivity (Wildman–Crippen MR) is 63.9 cm³/mol. The third-order valence-corrected chi connectivity index (χ3v) is 3.85. The number of piperidine rings is 1. The van der Waals surface area contributed by atoms with Gasteiger partial charge in [0.05, 0.1) is 12.6 Å². The molecule has 1 saturated carbocycles. The molecule has 1 amide bonds. The lowest BCUT2D eigenvalue weighted by atomic mass is 10.1. The summed E-state index contributed by atoms with van der Waals surface area (Å²) in [6.07, 6.45) is 4.63. The number of fused-ring (bicyclic) bond motifs is 2. The maximum absolute atomic E-state index is 10.9. The van der Waals surface area contributed by atoms with Crippen molar-refractivity contribution in [2.24, 2.45) is 5.92 Å². The molecule has 3 atom stereocenters. The zero-order valence-corrected chi connectivity index (χ0v) is 10.0. The highest BCUT2D eigenvalue weighted by Gasteiger charge is 2.45. The minimum atomic E-state index is -0.0136. The molecule has 1 N–H and O–H groups in total. The molecule has 1 saturated heterocycles. The van der Waals surface area contributed by atoms with Gasteiger partial charge in [-0.15, -0.1) is 0 Å². The molecule has 1 aliphatic carbocycles. The largest absolute Gasteiger partial charge is 0.472 e. The maximum atomic E-state index is 10.9. The summed E-state index contributed by atoms with van der Waals surface area (Å²) in [6, 6.07) is 3.77. The number of likely N-dealkylation sites (tertiary alicyclic amines) is 1. The summed E-state index contributed by atoms with van der Waals surface area (Å²) in [7, 11) is 0. The van der Waals surface area contributed by atoms with Crippen molar-refractivity contribution in [3.8, 4) is 5.88 Å². The number of amides is 1. The number of carbonyl (C=O) groups excluding carboxylic acids is 1. The lowest BCUT2D eigenvalue weighted by Gasteiger charge is -2.30. The number of pyridine rings is 1. The van der Waals surface area contributed by atoms with E-state index in [1.807, 2.05) is 4.90 Å². The van der Waals surface area contributed by atoms with Crippen LogP contribution in [0, 0.1) is 5.92 Å². The maximum Gasteiger partial charge on any atom is 0.213 e. The van der Waals surface area contributed by atoms with Gasteiger partial charge in [0.2, 0.25) is 12.3 Å². The van der Waals surface area contributed by atoms with Crippen LogP contribution >= 0.6 is 0 Å². The van der Waals surface area contributed by atoms with Gasteiger partial charge in [-0.3, -0.25) is 4.79 Å². The van der Waals surface area contributed by atoms with Gasteiger partial charge in [0.1, 0.15) is 6.10 Å². The molecule has 0 aromatic carbocycles. The number of nitrogens with zero attached hydrogens (tertiary/aromatic N) is 2.